The van der Waals surface area contributed by atoms with Gasteiger partial charge in [0.2, 0.25) is 11.9 Å². The van der Waals surface area contributed by atoms with Crippen LogP contribution in [0, 0.1) is 6.92 Å². The molecule has 0 atom stereocenters. The Bertz CT molecular complexity index is 1020. The summed E-state index contributed by atoms with van der Waals surface area (Å²) >= 11 is 1.58. The van der Waals surface area contributed by atoms with Crippen molar-refractivity contribution in [3.8, 4) is 0 Å². The third kappa shape index (κ3) is 6.03. The predicted octanol–water partition coefficient (Wildman–Crippen LogP) is 2.89. The summed E-state index contributed by atoms with van der Waals surface area (Å²) in [6, 6.07) is 13.4. The Morgan fingerprint density at radius 1 is 1.09 bits per heavy atom. The van der Waals surface area contributed by atoms with Crippen LogP contribution < -0.4 is 15.5 Å². The number of hydrogen-bond acceptors (Lipinski definition) is 8. The average Bonchev–Trinajstić information content (AvgIpc) is 3.28. The molecule has 2 aromatic heterocycles. The first-order chi connectivity index (χ1) is 15.6. The number of nitrogens with one attached hydrogen (secondary N) is 2. The van der Waals surface area contributed by atoms with Crippen LogP contribution in [0.1, 0.15) is 10.6 Å². The summed E-state index contributed by atoms with van der Waals surface area (Å²) < 4.78 is 0. The number of nitrogens with zero attached hydrogens (tertiary/aromatic N) is 4. The molecule has 1 fully saturated rings. The van der Waals surface area contributed by atoms with Crippen LogP contribution in [0.4, 0.5) is 23.1 Å². The van der Waals surface area contributed by atoms with Gasteiger partial charge >= 0.3 is 0 Å². The number of piperazine rings is 1. The lowest BCUT2D eigenvalue weighted by atomic mass is 10.2. The maximum atomic E-state index is 12.2. The van der Waals surface area contributed by atoms with Gasteiger partial charge in [-0.2, -0.15) is 4.98 Å². The molecule has 1 aromatic carbocycles. The number of amides is 1. The van der Waals surface area contributed by atoms with E-state index in [-0.39, 0.29) is 12.5 Å². The largest absolute Gasteiger partial charge is 0.395 e. The topological polar surface area (TPSA) is 93.6 Å². The molecule has 168 valence electrons. The fourth-order valence-corrected chi connectivity index (χ4v) is 4.34. The van der Waals surface area contributed by atoms with Gasteiger partial charge in [0.15, 0.2) is 0 Å². The highest BCUT2D eigenvalue weighted by Gasteiger charge is 2.19. The van der Waals surface area contributed by atoms with Gasteiger partial charge in [0.25, 0.3) is 0 Å². The van der Waals surface area contributed by atoms with Crippen molar-refractivity contribution in [1.29, 1.82) is 0 Å². The molecule has 1 aliphatic rings. The third-order valence-electron chi connectivity index (χ3n) is 5.27. The maximum absolute atomic E-state index is 12.2. The molecule has 0 unspecified atom stereocenters. The van der Waals surface area contributed by atoms with Gasteiger partial charge in [0.1, 0.15) is 5.82 Å². The first-order valence-corrected chi connectivity index (χ1v) is 11.6. The Balaban J connectivity index is 1.36. The molecule has 9 heteroatoms. The Labute approximate surface area is 191 Å². The summed E-state index contributed by atoms with van der Waals surface area (Å²) in [4.78, 5) is 27.0. The molecule has 32 heavy (non-hydrogen) atoms. The van der Waals surface area contributed by atoms with Crippen LogP contribution in [0.25, 0.3) is 0 Å². The van der Waals surface area contributed by atoms with Crippen LogP contribution in [0.3, 0.4) is 0 Å². The molecule has 0 aliphatic carbocycles. The van der Waals surface area contributed by atoms with Gasteiger partial charge in [-0.05, 0) is 42.6 Å². The number of carbonyl (C=O) groups excluding carboxylic acids is 1. The number of anilines is 4. The van der Waals surface area contributed by atoms with Crippen LogP contribution in [0.15, 0.2) is 47.8 Å². The zero-order valence-electron chi connectivity index (χ0n) is 18.1. The number of carbonyl (C=O) groups is 1. The van der Waals surface area contributed by atoms with E-state index in [2.05, 4.69) is 25.4 Å². The number of thiophene rings is 1. The molecule has 0 spiro atoms. The molecule has 1 saturated heterocycles. The second-order valence-corrected chi connectivity index (χ2v) is 8.79. The van der Waals surface area contributed by atoms with Crippen LogP contribution in [-0.2, 0) is 11.2 Å². The highest BCUT2D eigenvalue weighted by molar-refractivity contribution is 7.10. The third-order valence-corrected chi connectivity index (χ3v) is 6.15. The summed E-state index contributed by atoms with van der Waals surface area (Å²) in [5.41, 5.74) is 2.54. The second-order valence-electron chi connectivity index (χ2n) is 7.75. The Kier molecular flexibility index (Phi) is 7.31. The van der Waals surface area contributed by atoms with Gasteiger partial charge in [0.05, 0.1) is 13.0 Å². The quantitative estimate of drug-likeness (QED) is 0.484. The van der Waals surface area contributed by atoms with E-state index in [0.717, 1.165) is 53.9 Å². The van der Waals surface area contributed by atoms with Crippen molar-refractivity contribution in [3.63, 3.8) is 0 Å². The van der Waals surface area contributed by atoms with E-state index in [1.807, 2.05) is 54.8 Å². The lowest BCUT2D eigenvalue weighted by Crippen LogP contribution is -2.47. The molecule has 0 radical (unpaired) electrons. The Hall–Kier alpha value is -3.01. The minimum Gasteiger partial charge on any atom is -0.395 e. The van der Waals surface area contributed by atoms with E-state index in [0.29, 0.717) is 18.9 Å². The number of hydrogen-bond donors (Lipinski definition) is 3. The molecule has 8 nitrogen and oxygen atoms in total. The number of aliphatic hydroxyl groups excluding tert-OH is 1. The number of benzene rings is 1. The summed E-state index contributed by atoms with van der Waals surface area (Å²) in [5, 5.41) is 17.4. The molecular formula is C23H28N6O2S. The van der Waals surface area contributed by atoms with Crippen molar-refractivity contribution in [1.82, 2.24) is 14.9 Å². The number of aromatic nitrogens is 2. The zero-order chi connectivity index (χ0) is 22.3. The molecule has 1 amide bonds. The molecule has 3 N–H and O–H groups in total. The van der Waals surface area contributed by atoms with E-state index < -0.39 is 0 Å². The minimum atomic E-state index is -0.0247. The lowest BCUT2D eigenvalue weighted by molar-refractivity contribution is -0.115. The van der Waals surface area contributed by atoms with Crippen molar-refractivity contribution in [2.75, 3.05) is 54.9 Å². The van der Waals surface area contributed by atoms with Gasteiger partial charge < -0.3 is 20.6 Å². The Morgan fingerprint density at radius 3 is 2.53 bits per heavy atom. The van der Waals surface area contributed by atoms with Crippen molar-refractivity contribution in [2.24, 2.45) is 0 Å². The normalized spacial score (nSPS) is 14.4. The van der Waals surface area contributed by atoms with E-state index in [9.17, 15) is 4.79 Å². The minimum absolute atomic E-state index is 0.0247. The fourth-order valence-electron chi connectivity index (χ4n) is 3.63. The monoisotopic (exact) mass is 452 g/mol. The van der Waals surface area contributed by atoms with E-state index in [1.165, 1.54) is 0 Å². The number of aryl methyl sites for hydroxylation is 1. The van der Waals surface area contributed by atoms with Crippen molar-refractivity contribution >= 4 is 40.4 Å². The molecule has 1 aliphatic heterocycles. The second kappa shape index (κ2) is 10.5. The SMILES string of the molecule is Cc1cc(Nc2ccc(NC(=O)Cc3cccs3)cc2)nc(N2CCN(CCO)CC2)n1. The maximum Gasteiger partial charge on any atom is 0.229 e. The highest BCUT2D eigenvalue weighted by atomic mass is 32.1. The molecular weight excluding hydrogens is 424 g/mol. The number of aliphatic hydroxyl groups is 1. The molecule has 3 aromatic rings. The molecule has 4 rings (SSSR count). The van der Waals surface area contributed by atoms with Crippen molar-refractivity contribution in [3.05, 3.63) is 58.4 Å². The van der Waals surface area contributed by atoms with Crippen molar-refractivity contribution < 1.29 is 9.90 Å². The van der Waals surface area contributed by atoms with Gasteiger partial charge in [-0.25, -0.2) is 4.98 Å². The first-order valence-electron chi connectivity index (χ1n) is 10.7. The van der Waals surface area contributed by atoms with Gasteiger partial charge in [-0.1, -0.05) is 6.07 Å². The lowest BCUT2D eigenvalue weighted by Gasteiger charge is -2.34. The van der Waals surface area contributed by atoms with Gasteiger partial charge in [-0.3, -0.25) is 9.69 Å². The van der Waals surface area contributed by atoms with E-state index >= 15 is 0 Å². The summed E-state index contributed by atoms with van der Waals surface area (Å²) in [6.45, 7) is 6.31. The van der Waals surface area contributed by atoms with Crippen LogP contribution in [0.2, 0.25) is 0 Å². The van der Waals surface area contributed by atoms with Crippen molar-refractivity contribution in [2.45, 2.75) is 13.3 Å². The summed E-state index contributed by atoms with van der Waals surface area (Å²) in [6.07, 6.45) is 0.384. The van der Waals surface area contributed by atoms with Crippen LogP contribution >= 0.6 is 11.3 Å². The fraction of sp³-hybridized carbons (Fsp3) is 0.348. The average molecular weight is 453 g/mol. The standard InChI is InChI=1S/C23H28N6O2S/c1-17-15-21(27-23(24-17)29-10-8-28(9-11-29)12-13-30)25-18-4-6-19(7-5-18)26-22(31)16-20-3-2-14-32-20/h2-7,14-15,30H,8-13,16H2,1H3,(H,26,31)(H,24,25,27). The molecule has 3 heterocycles. The Morgan fingerprint density at radius 2 is 1.84 bits per heavy atom. The van der Waals surface area contributed by atoms with Crippen LogP contribution in [-0.4, -0.2) is 65.2 Å². The first kappa shape index (κ1) is 22.2. The highest BCUT2D eigenvalue weighted by Crippen LogP contribution is 2.21. The molecule has 0 saturated carbocycles. The number of rotatable bonds is 8. The zero-order valence-corrected chi connectivity index (χ0v) is 18.9. The smallest absolute Gasteiger partial charge is 0.229 e. The number of β-amino-alcohol motifs (C(OH)–C–C–N with tert-alkyl or cyclic N) is 1. The van der Waals surface area contributed by atoms with Gasteiger partial charge in [0, 0.05) is 60.7 Å². The summed E-state index contributed by atoms with van der Waals surface area (Å²) in [7, 11) is 0. The summed E-state index contributed by atoms with van der Waals surface area (Å²) in [5.74, 6) is 1.43. The van der Waals surface area contributed by atoms with E-state index in [1.54, 1.807) is 11.3 Å². The predicted molar refractivity (Wildman–Crippen MR) is 129 cm³/mol. The van der Waals surface area contributed by atoms with E-state index in [4.69, 9.17) is 10.1 Å². The van der Waals surface area contributed by atoms with Gasteiger partial charge in [-0.15, -0.1) is 11.3 Å². The van der Waals surface area contributed by atoms with Crippen LogP contribution in [0.5, 0.6) is 0 Å². The molecule has 0 bridgehead atoms.